The summed E-state index contributed by atoms with van der Waals surface area (Å²) in [7, 11) is 3.14. The topological polar surface area (TPSA) is 89.6 Å². The number of hydrogen-bond donors (Lipinski definition) is 3. The molecule has 0 fully saturated rings. The lowest BCUT2D eigenvalue weighted by atomic mass is 10.0. The highest BCUT2D eigenvalue weighted by atomic mass is 16.5. The molecule has 0 aliphatic heterocycles. The van der Waals surface area contributed by atoms with Gasteiger partial charge in [-0.1, -0.05) is 0 Å². The van der Waals surface area contributed by atoms with Crippen LogP contribution in [0.15, 0.2) is 12.1 Å². The number of nitrogens with one attached hydrogen (secondary N) is 1. The maximum atomic E-state index is 10.1. The number of rotatable bonds is 7. The van der Waals surface area contributed by atoms with Crippen LogP contribution in [0.3, 0.4) is 0 Å². The molecular formula is C12H21N3O3. The predicted molar refractivity (Wildman–Crippen MR) is 70.8 cm³/mol. The van der Waals surface area contributed by atoms with Crippen LogP contribution in [0.2, 0.25) is 0 Å². The fraction of sp³-hybridized carbons (Fsp3) is 0.583. The second kappa shape index (κ2) is 6.42. The molecule has 102 valence electrons. The number of nitrogens with zero attached hydrogens (tertiary/aromatic N) is 1. The predicted octanol–water partition coefficient (Wildman–Crippen LogP) is 0.872. The Kier molecular flexibility index (Phi) is 5.18. The Balaban J connectivity index is 2.62. The van der Waals surface area contributed by atoms with E-state index in [4.69, 9.17) is 15.2 Å². The molecule has 0 amide bonds. The normalized spacial score (nSPS) is 14.0. The zero-order valence-corrected chi connectivity index (χ0v) is 11.1. The van der Waals surface area contributed by atoms with Gasteiger partial charge in [-0.05, 0) is 13.0 Å². The van der Waals surface area contributed by atoms with Crippen molar-refractivity contribution in [3.63, 3.8) is 0 Å². The summed E-state index contributed by atoms with van der Waals surface area (Å²) in [5.74, 6) is 0.982. The number of nitrogens with two attached hydrogens (primary N) is 1. The monoisotopic (exact) mass is 255 g/mol. The van der Waals surface area contributed by atoms with Gasteiger partial charge in [-0.15, -0.1) is 0 Å². The van der Waals surface area contributed by atoms with E-state index in [-0.39, 0.29) is 0 Å². The largest absolute Gasteiger partial charge is 0.481 e. The van der Waals surface area contributed by atoms with Crippen molar-refractivity contribution in [2.24, 2.45) is 0 Å². The molecule has 0 saturated heterocycles. The van der Waals surface area contributed by atoms with E-state index in [0.717, 1.165) is 0 Å². The molecule has 1 aromatic heterocycles. The van der Waals surface area contributed by atoms with Crippen LogP contribution in [-0.4, -0.2) is 43.1 Å². The number of hydrogen-bond acceptors (Lipinski definition) is 6. The SMILES string of the molecule is COCCC(C)(O)CNc1nc(OC)ccc1N. The molecule has 1 atom stereocenters. The van der Waals surface area contributed by atoms with Gasteiger partial charge in [0.05, 0.1) is 18.4 Å². The molecule has 1 aromatic rings. The van der Waals surface area contributed by atoms with Gasteiger partial charge in [-0.25, -0.2) is 0 Å². The van der Waals surface area contributed by atoms with Crippen LogP contribution < -0.4 is 15.8 Å². The van der Waals surface area contributed by atoms with Crippen LogP contribution in [0.1, 0.15) is 13.3 Å². The van der Waals surface area contributed by atoms with E-state index in [2.05, 4.69) is 10.3 Å². The van der Waals surface area contributed by atoms with Crippen molar-refractivity contribution in [1.29, 1.82) is 0 Å². The van der Waals surface area contributed by atoms with E-state index in [1.165, 1.54) is 7.11 Å². The van der Waals surface area contributed by atoms with Crippen molar-refractivity contribution in [3.05, 3.63) is 12.1 Å². The number of ether oxygens (including phenoxy) is 2. The minimum absolute atomic E-state index is 0.334. The summed E-state index contributed by atoms with van der Waals surface area (Å²) in [6.07, 6.45) is 0.528. The highest BCUT2D eigenvalue weighted by Gasteiger charge is 2.20. The first-order valence-corrected chi connectivity index (χ1v) is 5.74. The van der Waals surface area contributed by atoms with Gasteiger partial charge in [-0.2, -0.15) is 4.98 Å². The Labute approximate surface area is 107 Å². The van der Waals surface area contributed by atoms with Crippen LogP contribution in [0.25, 0.3) is 0 Å². The average molecular weight is 255 g/mol. The summed E-state index contributed by atoms with van der Waals surface area (Å²) in [4.78, 5) is 4.17. The standard InChI is InChI=1S/C12H21N3O3/c1-12(16,6-7-17-2)8-14-11-9(13)4-5-10(15-11)18-3/h4-5,16H,6-8,13H2,1-3H3,(H,14,15). The quantitative estimate of drug-likeness (QED) is 0.670. The number of aromatic nitrogens is 1. The second-order valence-electron chi connectivity index (χ2n) is 4.38. The first-order valence-electron chi connectivity index (χ1n) is 5.74. The van der Waals surface area contributed by atoms with E-state index in [0.29, 0.717) is 37.0 Å². The maximum absolute atomic E-state index is 10.1. The second-order valence-corrected chi connectivity index (χ2v) is 4.38. The summed E-state index contributed by atoms with van der Waals surface area (Å²) in [5.41, 5.74) is 5.42. The first kappa shape index (κ1) is 14.5. The van der Waals surface area contributed by atoms with Crippen molar-refractivity contribution in [3.8, 4) is 5.88 Å². The summed E-state index contributed by atoms with van der Waals surface area (Å²) in [6, 6.07) is 3.39. The van der Waals surface area contributed by atoms with E-state index in [9.17, 15) is 5.11 Å². The number of pyridine rings is 1. The van der Waals surface area contributed by atoms with Crippen molar-refractivity contribution < 1.29 is 14.6 Å². The van der Waals surface area contributed by atoms with Crippen molar-refractivity contribution in [2.75, 3.05) is 38.4 Å². The van der Waals surface area contributed by atoms with Gasteiger partial charge in [0.25, 0.3) is 0 Å². The molecular weight excluding hydrogens is 234 g/mol. The number of anilines is 2. The molecule has 0 aromatic carbocycles. The van der Waals surface area contributed by atoms with E-state index < -0.39 is 5.60 Å². The molecule has 0 aliphatic rings. The van der Waals surface area contributed by atoms with Gasteiger partial charge in [0.1, 0.15) is 0 Å². The van der Waals surface area contributed by atoms with Crippen LogP contribution >= 0.6 is 0 Å². The lowest BCUT2D eigenvalue weighted by Gasteiger charge is -2.24. The molecule has 6 heteroatoms. The van der Waals surface area contributed by atoms with Gasteiger partial charge in [0.15, 0.2) is 5.82 Å². The Hall–Kier alpha value is -1.53. The lowest BCUT2D eigenvalue weighted by molar-refractivity contribution is 0.0357. The van der Waals surface area contributed by atoms with Crippen LogP contribution in [0.4, 0.5) is 11.5 Å². The minimum atomic E-state index is -0.882. The van der Waals surface area contributed by atoms with Crippen molar-refractivity contribution in [2.45, 2.75) is 18.9 Å². The van der Waals surface area contributed by atoms with E-state index in [1.807, 2.05) is 0 Å². The maximum Gasteiger partial charge on any atom is 0.215 e. The summed E-state index contributed by atoms with van der Waals surface area (Å²) >= 11 is 0. The van der Waals surface area contributed by atoms with Gasteiger partial charge in [0.2, 0.25) is 5.88 Å². The molecule has 1 unspecified atom stereocenters. The van der Waals surface area contributed by atoms with Crippen LogP contribution in [0.5, 0.6) is 5.88 Å². The zero-order valence-electron chi connectivity index (χ0n) is 11.1. The van der Waals surface area contributed by atoms with Gasteiger partial charge in [-0.3, -0.25) is 0 Å². The number of nitrogen functional groups attached to an aromatic ring is 1. The molecule has 4 N–H and O–H groups in total. The van der Waals surface area contributed by atoms with Crippen molar-refractivity contribution in [1.82, 2.24) is 4.98 Å². The molecule has 0 bridgehead atoms. The van der Waals surface area contributed by atoms with Crippen LogP contribution in [-0.2, 0) is 4.74 Å². The summed E-state index contributed by atoms with van der Waals surface area (Å²) in [6.45, 7) is 2.56. The highest BCUT2D eigenvalue weighted by Crippen LogP contribution is 2.20. The third-order valence-corrected chi connectivity index (χ3v) is 2.59. The number of aliphatic hydroxyl groups is 1. The molecule has 6 nitrogen and oxygen atoms in total. The third kappa shape index (κ3) is 4.38. The molecule has 18 heavy (non-hydrogen) atoms. The molecule has 0 saturated carbocycles. The summed E-state index contributed by atoms with van der Waals surface area (Å²) < 4.78 is 9.96. The first-order chi connectivity index (χ1) is 8.48. The van der Waals surface area contributed by atoms with Crippen molar-refractivity contribution >= 4 is 11.5 Å². The Bertz CT molecular complexity index is 383. The van der Waals surface area contributed by atoms with E-state index in [1.54, 1.807) is 26.2 Å². The molecule has 0 spiro atoms. The average Bonchev–Trinajstić information content (AvgIpc) is 2.35. The minimum Gasteiger partial charge on any atom is -0.481 e. The number of methoxy groups -OCH3 is 2. The van der Waals surface area contributed by atoms with Gasteiger partial charge in [0, 0.05) is 32.7 Å². The lowest BCUT2D eigenvalue weighted by Crippen LogP contribution is -2.35. The Morgan fingerprint density at radius 1 is 1.44 bits per heavy atom. The van der Waals surface area contributed by atoms with Gasteiger partial charge >= 0.3 is 0 Å². The smallest absolute Gasteiger partial charge is 0.215 e. The summed E-state index contributed by atoms with van der Waals surface area (Å²) in [5, 5.41) is 13.1. The van der Waals surface area contributed by atoms with Gasteiger partial charge < -0.3 is 25.6 Å². The Morgan fingerprint density at radius 2 is 2.17 bits per heavy atom. The zero-order chi connectivity index (χ0) is 13.6. The Morgan fingerprint density at radius 3 is 2.78 bits per heavy atom. The molecule has 1 heterocycles. The fourth-order valence-corrected chi connectivity index (χ4v) is 1.39. The highest BCUT2D eigenvalue weighted by molar-refractivity contribution is 5.62. The molecule has 0 radical (unpaired) electrons. The third-order valence-electron chi connectivity index (χ3n) is 2.59. The van der Waals surface area contributed by atoms with E-state index >= 15 is 0 Å². The fourth-order valence-electron chi connectivity index (χ4n) is 1.39. The molecule has 0 aliphatic carbocycles. The molecule has 1 rings (SSSR count). The van der Waals surface area contributed by atoms with Crippen LogP contribution in [0, 0.1) is 0 Å².